The summed E-state index contributed by atoms with van der Waals surface area (Å²) in [5.74, 6) is -0.191. The van der Waals surface area contributed by atoms with E-state index in [1.54, 1.807) is 0 Å². The van der Waals surface area contributed by atoms with Crippen LogP contribution in [0.2, 0.25) is 0 Å². The van der Waals surface area contributed by atoms with Crippen molar-refractivity contribution in [2.24, 2.45) is 11.7 Å². The summed E-state index contributed by atoms with van der Waals surface area (Å²) in [7, 11) is 0. The van der Waals surface area contributed by atoms with Gasteiger partial charge in [-0.1, -0.05) is 19.1 Å². The molecule has 0 bridgehead atoms. The van der Waals surface area contributed by atoms with E-state index >= 15 is 0 Å². The van der Waals surface area contributed by atoms with Crippen molar-refractivity contribution in [3.05, 3.63) is 35.6 Å². The maximum Gasteiger partial charge on any atom is 0.226 e. The highest BCUT2D eigenvalue weighted by Gasteiger charge is 2.25. The molecule has 0 aromatic heterocycles. The van der Waals surface area contributed by atoms with Crippen molar-refractivity contribution in [1.82, 2.24) is 9.80 Å². The molecule has 2 N–H and O–H groups in total. The minimum Gasteiger partial charge on any atom is -0.341 e. The molecule has 2 unspecified atom stereocenters. The van der Waals surface area contributed by atoms with E-state index in [0.717, 1.165) is 44.7 Å². The number of carbonyl (C=O) groups excluding carboxylic acids is 1. The second-order valence-corrected chi connectivity index (χ2v) is 6.23. The summed E-state index contributed by atoms with van der Waals surface area (Å²) in [6.45, 7) is 7.88. The third kappa shape index (κ3) is 4.52. The second kappa shape index (κ2) is 7.70. The van der Waals surface area contributed by atoms with Gasteiger partial charge in [-0.05, 0) is 31.0 Å². The fraction of sp³-hybridized carbons (Fsp3) is 0.588. The van der Waals surface area contributed by atoms with Crippen LogP contribution < -0.4 is 5.73 Å². The van der Waals surface area contributed by atoms with Crippen LogP contribution in [0.25, 0.3) is 0 Å². The Morgan fingerprint density at radius 3 is 2.50 bits per heavy atom. The first-order valence-electron chi connectivity index (χ1n) is 7.98. The molecular formula is C17H26FN3O. The van der Waals surface area contributed by atoms with Gasteiger partial charge in [0.05, 0.1) is 5.92 Å². The van der Waals surface area contributed by atoms with Crippen LogP contribution in [0.15, 0.2) is 24.3 Å². The number of hydrogen-bond donors (Lipinski definition) is 1. The topological polar surface area (TPSA) is 49.6 Å². The van der Waals surface area contributed by atoms with Crippen LogP contribution in [-0.4, -0.2) is 47.9 Å². The smallest absolute Gasteiger partial charge is 0.226 e. The number of nitrogens with two attached hydrogens (primary N) is 1. The van der Waals surface area contributed by atoms with Crippen LogP contribution in [-0.2, 0) is 11.3 Å². The maximum absolute atomic E-state index is 12.9. The van der Waals surface area contributed by atoms with Crippen LogP contribution in [0.3, 0.4) is 0 Å². The highest BCUT2D eigenvalue weighted by atomic mass is 19.1. The van der Waals surface area contributed by atoms with Crippen molar-refractivity contribution in [2.45, 2.75) is 32.9 Å². The van der Waals surface area contributed by atoms with Gasteiger partial charge < -0.3 is 10.6 Å². The largest absolute Gasteiger partial charge is 0.341 e. The fourth-order valence-corrected chi connectivity index (χ4v) is 2.71. The molecule has 1 fully saturated rings. The minimum atomic E-state index is -0.207. The van der Waals surface area contributed by atoms with E-state index in [2.05, 4.69) is 4.90 Å². The number of nitrogens with zero attached hydrogens (tertiary/aromatic N) is 2. The van der Waals surface area contributed by atoms with Crippen molar-refractivity contribution in [3.63, 3.8) is 0 Å². The lowest BCUT2D eigenvalue weighted by atomic mass is 10.0. The zero-order valence-electron chi connectivity index (χ0n) is 13.5. The van der Waals surface area contributed by atoms with Crippen LogP contribution >= 0.6 is 0 Å². The SMILES string of the molecule is CC(N)C(C)C(=O)N1CCCN(Cc2ccc(F)cc2)CC1. The maximum atomic E-state index is 12.9. The summed E-state index contributed by atoms with van der Waals surface area (Å²) in [6, 6.07) is 6.51. The summed E-state index contributed by atoms with van der Waals surface area (Å²) in [4.78, 5) is 16.6. The van der Waals surface area contributed by atoms with E-state index in [1.807, 2.05) is 30.9 Å². The zero-order valence-corrected chi connectivity index (χ0v) is 13.5. The van der Waals surface area contributed by atoms with Gasteiger partial charge in [-0.2, -0.15) is 0 Å². The summed E-state index contributed by atoms with van der Waals surface area (Å²) in [5, 5.41) is 0. The van der Waals surface area contributed by atoms with Gasteiger partial charge in [-0.3, -0.25) is 9.69 Å². The van der Waals surface area contributed by atoms with E-state index in [-0.39, 0.29) is 23.7 Å². The van der Waals surface area contributed by atoms with Gasteiger partial charge in [0.15, 0.2) is 0 Å². The number of carbonyl (C=O) groups is 1. The summed E-state index contributed by atoms with van der Waals surface area (Å²) in [5.41, 5.74) is 6.94. The van der Waals surface area contributed by atoms with Gasteiger partial charge in [0.2, 0.25) is 5.91 Å². The van der Waals surface area contributed by atoms with E-state index in [4.69, 9.17) is 5.73 Å². The first kappa shape index (κ1) is 16.9. The first-order valence-corrected chi connectivity index (χ1v) is 7.98. The molecular weight excluding hydrogens is 281 g/mol. The van der Waals surface area contributed by atoms with Crippen molar-refractivity contribution in [1.29, 1.82) is 0 Å². The van der Waals surface area contributed by atoms with Gasteiger partial charge in [0.25, 0.3) is 0 Å². The van der Waals surface area contributed by atoms with Crippen molar-refractivity contribution < 1.29 is 9.18 Å². The van der Waals surface area contributed by atoms with E-state index in [9.17, 15) is 9.18 Å². The van der Waals surface area contributed by atoms with Gasteiger partial charge in [-0.15, -0.1) is 0 Å². The Labute approximate surface area is 132 Å². The summed E-state index contributed by atoms with van der Waals surface area (Å²) in [6.07, 6.45) is 0.957. The summed E-state index contributed by atoms with van der Waals surface area (Å²) < 4.78 is 12.9. The lowest BCUT2D eigenvalue weighted by Gasteiger charge is -2.26. The molecule has 22 heavy (non-hydrogen) atoms. The van der Waals surface area contributed by atoms with Crippen LogP contribution in [0, 0.1) is 11.7 Å². The predicted octanol–water partition coefficient (Wildman–Crippen LogP) is 1.84. The number of rotatable bonds is 4. The molecule has 1 amide bonds. The van der Waals surface area contributed by atoms with Crippen LogP contribution in [0.5, 0.6) is 0 Å². The predicted molar refractivity (Wildman–Crippen MR) is 85.7 cm³/mol. The van der Waals surface area contributed by atoms with Gasteiger partial charge >= 0.3 is 0 Å². The monoisotopic (exact) mass is 307 g/mol. The van der Waals surface area contributed by atoms with Crippen LogP contribution in [0.4, 0.5) is 4.39 Å². The Hall–Kier alpha value is -1.46. The van der Waals surface area contributed by atoms with Crippen molar-refractivity contribution in [3.8, 4) is 0 Å². The second-order valence-electron chi connectivity index (χ2n) is 6.23. The number of halogens is 1. The molecule has 5 heteroatoms. The normalized spacial score (nSPS) is 19.5. The van der Waals surface area contributed by atoms with Crippen molar-refractivity contribution in [2.75, 3.05) is 26.2 Å². The molecule has 1 aromatic carbocycles. The molecule has 1 aliphatic rings. The van der Waals surface area contributed by atoms with Gasteiger partial charge in [0.1, 0.15) is 5.82 Å². The summed E-state index contributed by atoms with van der Waals surface area (Å²) >= 11 is 0. The van der Waals surface area contributed by atoms with Gasteiger partial charge in [0, 0.05) is 38.8 Å². The van der Waals surface area contributed by atoms with Crippen LogP contribution in [0.1, 0.15) is 25.8 Å². The molecule has 1 heterocycles. The molecule has 2 rings (SSSR count). The average Bonchev–Trinajstić information content (AvgIpc) is 2.73. The quantitative estimate of drug-likeness (QED) is 0.923. The molecule has 1 aromatic rings. The molecule has 0 spiro atoms. The van der Waals surface area contributed by atoms with Crippen molar-refractivity contribution >= 4 is 5.91 Å². The Morgan fingerprint density at radius 2 is 1.86 bits per heavy atom. The van der Waals surface area contributed by atoms with Gasteiger partial charge in [-0.25, -0.2) is 4.39 Å². The Bertz CT molecular complexity index is 489. The molecule has 0 saturated carbocycles. The van der Waals surface area contributed by atoms with E-state index in [1.165, 1.54) is 12.1 Å². The molecule has 0 aliphatic carbocycles. The zero-order chi connectivity index (χ0) is 16.1. The lowest BCUT2D eigenvalue weighted by molar-refractivity contribution is -0.135. The highest BCUT2D eigenvalue weighted by molar-refractivity contribution is 5.79. The number of amides is 1. The third-order valence-electron chi connectivity index (χ3n) is 4.40. The third-order valence-corrected chi connectivity index (χ3v) is 4.40. The van der Waals surface area contributed by atoms with E-state index < -0.39 is 0 Å². The highest BCUT2D eigenvalue weighted by Crippen LogP contribution is 2.13. The Kier molecular flexibility index (Phi) is 5.91. The number of hydrogen-bond acceptors (Lipinski definition) is 3. The fourth-order valence-electron chi connectivity index (χ4n) is 2.71. The molecule has 1 aliphatic heterocycles. The average molecular weight is 307 g/mol. The molecule has 0 radical (unpaired) electrons. The minimum absolute atomic E-state index is 0.119. The number of benzene rings is 1. The molecule has 4 nitrogen and oxygen atoms in total. The standard InChI is InChI=1S/C17H26FN3O/c1-13(14(2)19)17(22)21-9-3-8-20(10-11-21)12-15-4-6-16(18)7-5-15/h4-7,13-14H,3,8-12,19H2,1-2H3. The Morgan fingerprint density at radius 1 is 1.18 bits per heavy atom. The molecule has 2 atom stereocenters. The van der Waals surface area contributed by atoms with E-state index in [0.29, 0.717) is 0 Å². The lowest BCUT2D eigenvalue weighted by Crippen LogP contribution is -2.43. The molecule has 122 valence electrons. The Balaban J connectivity index is 1.89. The molecule has 1 saturated heterocycles. The first-order chi connectivity index (χ1) is 10.5.